The molecule has 6 heteroatoms. The van der Waals surface area contributed by atoms with Crippen LogP contribution in [0, 0.1) is 20.8 Å². The van der Waals surface area contributed by atoms with E-state index in [1.165, 1.54) is 0 Å². The highest BCUT2D eigenvalue weighted by atomic mass is 31.2. The molecule has 0 atom stereocenters. The van der Waals surface area contributed by atoms with Crippen LogP contribution in [-0.2, 0) is 13.6 Å². The minimum absolute atomic E-state index is 0.210. The Morgan fingerprint density at radius 2 is 1.65 bits per heavy atom. The molecule has 0 saturated carbocycles. The first-order valence-electron chi connectivity index (χ1n) is 6.53. The lowest BCUT2D eigenvalue weighted by atomic mass is 9.99. The van der Waals surface area contributed by atoms with Gasteiger partial charge in [0.25, 0.3) is 0 Å². The van der Waals surface area contributed by atoms with Gasteiger partial charge in [0.15, 0.2) is 6.29 Å². The third-order valence-electron chi connectivity index (χ3n) is 2.86. The number of benzene rings is 1. The number of carbonyl (C=O) groups excluding carboxylic acids is 1. The van der Waals surface area contributed by atoms with Crippen molar-refractivity contribution in [3.8, 4) is 5.75 Å². The average molecular weight is 300 g/mol. The predicted molar refractivity (Wildman–Crippen MR) is 77.5 cm³/mol. The van der Waals surface area contributed by atoms with Gasteiger partial charge in [-0.2, -0.15) is 0 Å². The summed E-state index contributed by atoms with van der Waals surface area (Å²) >= 11 is 0. The molecule has 0 bridgehead atoms. The summed E-state index contributed by atoms with van der Waals surface area (Å²) in [7, 11) is -3.66. The van der Waals surface area contributed by atoms with Gasteiger partial charge in [0.05, 0.1) is 13.2 Å². The number of carbonyl (C=O) groups is 1. The summed E-state index contributed by atoms with van der Waals surface area (Å²) in [4.78, 5) is 11.1. The van der Waals surface area contributed by atoms with Gasteiger partial charge in [-0.3, -0.25) is 13.8 Å². The van der Waals surface area contributed by atoms with Gasteiger partial charge in [0, 0.05) is 11.1 Å². The van der Waals surface area contributed by atoms with E-state index in [1.54, 1.807) is 20.8 Å². The van der Waals surface area contributed by atoms with Crippen molar-refractivity contribution in [3.05, 3.63) is 28.3 Å². The van der Waals surface area contributed by atoms with Crippen molar-refractivity contribution in [1.29, 1.82) is 0 Å². The van der Waals surface area contributed by atoms with Gasteiger partial charge in [-0.15, -0.1) is 0 Å². The van der Waals surface area contributed by atoms with Crippen LogP contribution in [0.15, 0.2) is 6.07 Å². The van der Waals surface area contributed by atoms with Gasteiger partial charge in [-0.05, 0) is 45.7 Å². The summed E-state index contributed by atoms with van der Waals surface area (Å²) in [6.45, 7) is 9.26. The van der Waals surface area contributed by atoms with E-state index in [0.717, 1.165) is 17.4 Å². The van der Waals surface area contributed by atoms with Gasteiger partial charge >= 0.3 is 7.82 Å². The molecule has 5 nitrogen and oxygen atoms in total. The number of phosphoric ester groups is 1. The molecule has 0 amide bonds. The fraction of sp³-hybridized carbons (Fsp3) is 0.500. The summed E-state index contributed by atoms with van der Waals surface area (Å²) in [5.41, 5.74) is 2.80. The zero-order chi connectivity index (χ0) is 15.3. The first kappa shape index (κ1) is 16.9. The summed E-state index contributed by atoms with van der Waals surface area (Å²) in [6.07, 6.45) is 0.767. The van der Waals surface area contributed by atoms with Crippen LogP contribution >= 0.6 is 7.82 Å². The van der Waals surface area contributed by atoms with Crippen molar-refractivity contribution in [3.63, 3.8) is 0 Å². The van der Waals surface area contributed by atoms with Crippen molar-refractivity contribution in [2.45, 2.75) is 34.6 Å². The van der Waals surface area contributed by atoms with Crippen LogP contribution in [0.4, 0.5) is 0 Å². The van der Waals surface area contributed by atoms with E-state index in [0.29, 0.717) is 16.9 Å². The van der Waals surface area contributed by atoms with Crippen LogP contribution < -0.4 is 4.52 Å². The second-order valence-electron chi connectivity index (χ2n) is 4.37. The fourth-order valence-corrected chi connectivity index (χ4v) is 3.34. The Morgan fingerprint density at radius 1 is 1.10 bits per heavy atom. The Labute approximate surface area is 119 Å². The Balaban J connectivity index is 3.26. The second-order valence-corrected chi connectivity index (χ2v) is 5.96. The molecule has 0 aliphatic heterocycles. The van der Waals surface area contributed by atoms with Gasteiger partial charge in [0.2, 0.25) is 0 Å². The SMILES string of the molecule is CCOP(=O)(OCC)Oc1c(C)cc(C)c(C=O)c1C. The molecule has 0 heterocycles. The standard InChI is InChI=1S/C14H21O5P/c1-6-17-20(16,18-7-2)19-14-11(4)8-10(3)13(9-15)12(14)5/h8-9H,6-7H2,1-5H3. The van der Waals surface area contributed by atoms with Gasteiger partial charge in [0.1, 0.15) is 5.75 Å². The zero-order valence-electron chi connectivity index (χ0n) is 12.6. The van der Waals surface area contributed by atoms with Gasteiger partial charge in [-0.1, -0.05) is 6.07 Å². The maximum atomic E-state index is 12.4. The summed E-state index contributed by atoms with van der Waals surface area (Å²) in [5, 5.41) is 0. The van der Waals surface area contributed by atoms with Crippen LogP contribution in [0.5, 0.6) is 5.75 Å². The van der Waals surface area contributed by atoms with Gasteiger partial charge in [-0.25, -0.2) is 4.57 Å². The second kappa shape index (κ2) is 7.02. The summed E-state index contributed by atoms with van der Waals surface area (Å²) < 4.78 is 28.1. The lowest BCUT2D eigenvalue weighted by Crippen LogP contribution is -2.06. The minimum Gasteiger partial charge on any atom is -0.403 e. The number of aldehydes is 1. The maximum Gasteiger partial charge on any atom is 0.530 e. The molecule has 0 aliphatic carbocycles. The number of phosphoric acid groups is 1. The number of aryl methyl sites for hydroxylation is 2. The highest BCUT2D eigenvalue weighted by Gasteiger charge is 2.29. The molecule has 0 spiro atoms. The molecule has 0 fully saturated rings. The van der Waals surface area contributed by atoms with E-state index in [-0.39, 0.29) is 13.2 Å². The third-order valence-corrected chi connectivity index (χ3v) is 4.41. The lowest BCUT2D eigenvalue weighted by molar-refractivity contribution is 0.112. The topological polar surface area (TPSA) is 61.8 Å². The van der Waals surface area contributed by atoms with Crippen molar-refractivity contribution < 1.29 is 22.9 Å². The lowest BCUT2D eigenvalue weighted by Gasteiger charge is -2.21. The first-order valence-corrected chi connectivity index (χ1v) is 7.99. The summed E-state index contributed by atoms with van der Waals surface area (Å²) in [6, 6.07) is 1.81. The molecule has 0 saturated heterocycles. The maximum absolute atomic E-state index is 12.4. The highest BCUT2D eigenvalue weighted by molar-refractivity contribution is 7.48. The Bertz CT molecular complexity index is 529. The molecule has 112 valence electrons. The smallest absolute Gasteiger partial charge is 0.403 e. The zero-order valence-corrected chi connectivity index (χ0v) is 13.5. The Kier molecular flexibility index (Phi) is 5.93. The highest BCUT2D eigenvalue weighted by Crippen LogP contribution is 2.51. The van der Waals surface area contributed by atoms with Crippen LogP contribution in [0.2, 0.25) is 0 Å². The molecule has 0 radical (unpaired) electrons. The molecule has 0 aliphatic rings. The summed E-state index contributed by atoms with van der Waals surface area (Å²) in [5.74, 6) is 0.378. The number of hydrogen-bond acceptors (Lipinski definition) is 5. The van der Waals surface area contributed by atoms with Crippen molar-refractivity contribution in [2.24, 2.45) is 0 Å². The van der Waals surface area contributed by atoms with Crippen molar-refractivity contribution in [2.75, 3.05) is 13.2 Å². The quantitative estimate of drug-likeness (QED) is 0.563. The van der Waals surface area contributed by atoms with Crippen molar-refractivity contribution in [1.82, 2.24) is 0 Å². The van der Waals surface area contributed by atoms with E-state index in [1.807, 2.05) is 19.9 Å². The molecular formula is C14H21O5P. The monoisotopic (exact) mass is 300 g/mol. The van der Waals surface area contributed by atoms with Crippen LogP contribution in [0.1, 0.15) is 40.9 Å². The van der Waals surface area contributed by atoms with E-state index in [2.05, 4.69) is 0 Å². The fourth-order valence-electron chi connectivity index (χ4n) is 2.02. The van der Waals surface area contributed by atoms with Gasteiger partial charge < -0.3 is 4.52 Å². The van der Waals surface area contributed by atoms with Crippen LogP contribution in [0.25, 0.3) is 0 Å². The predicted octanol–water partition coefficient (Wildman–Crippen LogP) is 3.98. The first-order chi connectivity index (χ1) is 9.38. The van der Waals surface area contributed by atoms with E-state index in [9.17, 15) is 9.36 Å². The molecular weight excluding hydrogens is 279 g/mol. The largest absolute Gasteiger partial charge is 0.530 e. The average Bonchev–Trinajstić information content (AvgIpc) is 2.35. The van der Waals surface area contributed by atoms with Crippen molar-refractivity contribution >= 4 is 14.1 Å². The van der Waals surface area contributed by atoms with E-state index >= 15 is 0 Å². The Morgan fingerprint density at radius 3 is 2.10 bits per heavy atom. The molecule has 1 aromatic carbocycles. The molecule has 1 aromatic rings. The number of rotatable bonds is 7. The van der Waals surface area contributed by atoms with E-state index < -0.39 is 7.82 Å². The molecule has 0 unspecified atom stereocenters. The molecule has 1 rings (SSSR count). The van der Waals surface area contributed by atoms with Crippen LogP contribution in [-0.4, -0.2) is 19.5 Å². The third kappa shape index (κ3) is 3.69. The van der Waals surface area contributed by atoms with E-state index in [4.69, 9.17) is 13.6 Å². The molecule has 0 N–H and O–H groups in total. The Hall–Kier alpha value is -1.16. The minimum atomic E-state index is -3.66. The molecule has 20 heavy (non-hydrogen) atoms. The number of hydrogen-bond donors (Lipinski definition) is 0. The normalized spacial score (nSPS) is 11.4. The van der Waals surface area contributed by atoms with Crippen LogP contribution in [0.3, 0.4) is 0 Å². The molecule has 0 aromatic heterocycles.